The first-order valence-corrected chi connectivity index (χ1v) is 9.50. The first-order valence-electron chi connectivity index (χ1n) is 6.84. The predicted octanol–water partition coefficient (Wildman–Crippen LogP) is 3.09. The molecule has 2 N–H and O–H groups in total. The van der Waals surface area contributed by atoms with Gasteiger partial charge < -0.3 is 5.73 Å². The lowest BCUT2D eigenvalue weighted by Crippen LogP contribution is -2.15. The molecule has 0 radical (unpaired) electrons. The van der Waals surface area contributed by atoms with Gasteiger partial charge in [-0.2, -0.15) is 8.42 Å². The molecule has 0 amide bonds. The minimum absolute atomic E-state index is 0.178. The summed E-state index contributed by atoms with van der Waals surface area (Å²) in [6.45, 7) is 0. The molecule has 5 nitrogen and oxygen atoms in total. The summed E-state index contributed by atoms with van der Waals surface area (Å²) in [5.41, 5.74) is 7.49. The highest BCUT2D eigenvalue weighted by atomic mass is 32.2. The van der Waals surface area contributed by atoms with Gasteiger partial charge >= 0.3 is 0 Å². The molecule has 1 heterocycles. The zero-order valence-corrected chi connectivity index (χ0v) is 14.0. The fraction of sp³-hybridized carbons (Fsp3) is 0.0625. The van der Waals surface area contributed by atoms with Gasteiger partial charge in [0.2, 0.25) is 0 Å². The van der Waals surface area contributed by atoms with E-state index in [-0.39, 0.29) is 10.7 Å². The quantitative estimate of drug-likeness (QED) is 0.735. The Balaban J connectivity index is 2.23. The molecule has 0 aliphatic rings. The lowest BCUT2D eigenvalue weighted by molar-refractivity contribution is 0.574. The summed E-state index contributed by atoms with van der Waals surface area (Å²) in [5, 5.41) is 4.59. The lowest BCUT2D eigenvalue weighted by Gasteiger charge is -2.08. The fourth-order valence-electron chi connectivity index (χ4n) is 2.31. The monoisotopic (exact) mass is 345 g/mol. The first-order chi connectivity index (χ1) is 11.1. The third-order valence-corrected chi connectivity index (χ3v) is 5.83. The van der Waals surface area contributed by atoms with Gasteiger partial charge in [-0.25, -0.2) is 0 Å². The van der Waals surface area contributed by atoms with Crippen LogP contribution in [0, 0.1) is 0 Å². The SMILES string of the molecule is CSc1c(-c2ccccc2)c(N)nn1S(=O)(=O)c1ccccc1. The van der Waals surface area contributed by atoms with E-state index in [1.165, 1.54) is 11.8 Å². The zero-order chi connectivity index (χ0) is 16.4. The Morgan fingerprint density at radius 1 is 1.00 bits per heavy atom. The van der Waals surface area contributed by atoms with Crippen LogP contribution < -0.4 is 5.73 Å². The van der Waals surface area contributed by atoms with Gasteiger partial charge in [0.05, 0.1) is 10.5 Å². The van der Waals surface area contributed by atoms with E-state index in [1.54, 1.807) is 36.6 Å². The summed E-state index contributed by atoms with van der Waals surface area (Å²) in [7, 11) is -3.79. The maximum atomic E-state index is 12.8. The topological polar surface area (TPSA) is 78.0 Å². The van der Waals surface area contributed by atoms with Crippen molar-refractivity contribution in [3.05, 3.63) is 60.7 Å². The van der Waals surface area contributed by atoms with E-state index in [4.69, 9.17) is 5.73 Å². The van der Waals surface area contributed by atoms with E-state index >= 15 is 0 Å². The van der Waals surface area contributed by atoms with Gasteiger partial charge in [0.1, 0.15) is 5.03 Å². The van der Waals surface area contributed by atoms with Crippen molar-refractivity contribution in [3.63, 3.8) is 0 Å². The van der Waals surface area contributed by atoms with E-state index in [1.807, 2.05) is 30.3 Å². The van der Waals surface area contributed by atoms with Crippen LogP contribution in [0.3, 0.4) is 0 Å². The van der Waals surface area contributed by atoms with Crippen molar-refractivity contribution in [1.82, 2.24) is 9.19 Å². The van der Waals surface area contributed by atoms with Gasteiger partial charge in [0, 0.05) is 0 Å². The molecule has 0 bridgehead atoms. The second kappa shape index (κ2) is 6.10. The minimum atomic E-state index is -3.79. The number of nitrogen functional groups attached to an aromatic ring is 1. The van der Waals surface area contributed by atoms with Gasteiger partial charge in [0.25, 0.3) is 10.0 Å². The van der Waals surface area contributed by atoms with Crippen molar-refractivity contribution >= 4 is 27.6 Å². The third-order valence-electron chi connectivity index (χ3n) is 3.37. The molecule has 2 aromatic carbocycles. The smallest absolute Gasteiger partial charge is 0.284 e. The summed E-state index contributed by atoms with van der Waals surface area (Å²) in [4.78, 5) is 0.178. The van der Waals surface area contributed by atoms with Crippen molar-refractivity contribution in [2.75, 3.05) is 12.0 Å². The number of nitrogens with two attached hydrogens (primary N) is 1. The summed E-state index contributed by atoms with van der Waals surface area (Å²) >= 11 is 1.30. The van der Waals surface area contributed by atoms with Crippen molar-refractivity contribution in [2.24, 2.45) is 0 Å². The van der Waals surface area contributed by atoms with Crippen molar-refractivity contribution in [2.45, 2.75) is 9.92 Å². The molecule has 118 valence electrons. The number of anilines is 1. The Bertz CT molecular complexity index is 921. The summed E-state index contributed by atoms with van der Waals surface area (Å²) in [6.07, 6.45) is 1.81. The van der Waals surface area contributed by atoms with E-state index < -0.39 is 10.0 Å². The molecule has 3 rings (SSSR count). The number of aromatic nitrogens is 2. The Hall–Kier alpha value is -2.25. The van der Waals surface area contributed by atoms with Crippen molar-refractivity contribution in [3.8, 4) is 11.1 Å². The number of thioether (sulfide) groups is 1. The number of rotatable bonds is 4. The van der Waals surface area contributed by atoms with Crippen LogP contribution in [0.15, 0.2) is 70.6 Å². The van der Waals surface area contributed by atoms with Gasteiger partial charge in [-0.3, -0.25) is 0 Å². The van der Waals surface area contributed by atoms with Crippen molar-refractivity contribution in [1.29, 1.82) is 0 Å². The highest BCUT2D eigenvalue weighted by Gasteiger charge is 2.26. The van der Waals surface area contributed by atoms with Crippen LogP contribution in [0.2, 0.25) is 0 Å². The van der Waals surface area contributed by atoms with Crippen LogP contribution in [0.25, 0.3) is 11.1 Å². The van der Waals surface area contributed by atoms with Gasteiger partial charge in [-0.1, -0.05) is 48.5 Å². The van der Waals surface area contributed by atoms with Gasteiger partial charge in [-0.15, -0.1) is 20.9 Å². The summed E-state index contributed by atoms with van der Waals surface area (Å²) in [5.74, 6) is 0.194. The van der Waals surface area contributed by atoms with Crippen molar-refractivity contribution < 1.29 is 8.42 Å². The molecular formula is C16H15N3O2S2. The molecule has 0 aliphatic carbocycles. The Morgan fingerprint density at radius 2 is 1.57 bits per heavy atom. The third kappa shape index (κ3) is 2.73. The van der Waals surface area contributed by atoms with E-state index in [2.05, 4.69) is 5.10 Å². The summed E-state index contributed by atoms with van der Waals surface area (Å²) in [6, 6.07) is 17.6. The Labute approximate surface area is 139 Å². The molecule has 0 unspecified atom stereocenters. The van der Waals surface area contributed by atoms with Crippen LogP contribution in [-0.4, -0.2) is 23.9 Å². The van der Waals surface area contributed by atoms with E-state index in [0.717, 1.165) is 9.65 Å². The minimum Gasteiger partial charge on any atom is -0.382 e. The van der Waals surface area contributed by atoms with Crippen LogP contribution in [-0.2, 0) is 10.0 Å². The molecule has 7 heteroatoms. The number of nitrogens with zero attached hydrogens (tertiary/aromatic N) is 2. The first kappa shape index (κ1) is 15.6. The van der Waals surface area contributed by atoms with E-state index in [0.29, 0.717) is 10.6 Å². The molecule has 0 saturated carbocycles. The lowest BCUT2D eigenvalue weighted by atomic mass is 10.1. The van der Waals surface area contributed by atoms with Crippen LogP contribution in [0.5, 0.6) is 0 Å². The number of hydrogen-bond donors (Lipinski definition) is 1. The maximum Gasteiger partial charge on any atom is 0.284 e. The number of benzene rings is 2. The zero-order valence-electron chi connectivity index (χ0n) is 12.4. The molecular weight excluding hydrogens is 330 g/mol. The highest BCUT2D eigenvalue weighted by molar-refractivity contribution is 7.99. The number of hydrogen-bond acceptors (Lipinski definition) is 5. The second-order valence-electron chi connectivity index (χ2n) is 4.80. The van der Waals surface area contributed by atoms with Crippen LogP contribution >= 0.6 is 11.8 Å². The standard InChI is InChI=1S/C16H15N3O2S2/c1-22-16-14(12-8-4-2-5-9-12)15(17)18-19(16)23(20,21)13-10-6-3-7-11-13/h2-11H,1H3,(H2,17,18). The molecule has 3 aromatic rings. The van der Waals surface area contributed by atoms with Crippen LogP contribution in [0.1, 0.15) is 0 Å². The normalized spacial score (nSPS) is 11.5. The van der Waals surface area contributed by atoms with Gasteiger partial charge in [-0.05, 0) is 24.0 Å². The van der Waals surface area contributed by atoms with Crippen LogP contribution in [0.4, 0.5) is 5.82 Å². The Morgan fingerprint density at radius 3 is 2.13 bits per heavy atom. The largest absolute Gasteiger partial charge is 0.382 e. The molecule has 1 aromatic heterocycles. The molecule has 0 aliphatic heterocycles. The molecule has 0 saturated heterocycles. The molecule has 0 atom stereocenters. The van der Waals surface area contributed by atoms with E-state index in [9.17, 15) is 8.42 Å². The average molecular weight is 345 g/mol. The highest BCUT2D eigenvalue weighted by Crippen LogP contribution is 2.36. The van der Waals surface area contributed by atoms with Gasteiger partial charge in [0.15, 0.2) is 5.82 Å². The predicted molar refractivity (Wildman–Crippen MR) is 92.9 cm³/mol. The summed E-state index contributed by atoms with van der Waals surface area (Å²) < 4.78 is 26.7. The molecule has 0 fully saturated rings. The maximum absolute atomic E-state index is 12.8. The second-order valence-corrected chi connectivity index (χ2v) is 7.36. The fourth-order valence-corrected chi connectivity index (χ4v) is 4.66. The average Bonchev–Trinajstić information content (AvgIpc) is 2.93. The Kier molecular flexibility index (Phi) is 4.14. The molecule has 0 spiro atoms. The molecule has 23 heavy (non-hydrogen) atoms.